The van der Waals surface area contributed by atoms with Crippen molar-refractivity contribution in [2.24, 2.45) is 11.8 Å². The van der Waals surface area contributed by atoms with E-state index in [-0.39, 0.29) is 12.0 Å². The van der Waals surface area contributed by atoms with Gasteiger partial charge in [-0.15, -0.1) is 0 Å². The third-order valence-corrected chi connectivity index (χ3v) is 4.30. The molecule has 1 heterocycles. The summed E-state index contributed by atoms with van der Waals surface area (Å²) in [6, 6.07) is 2.15. The lowest BCUT2D eigenvalue weighted by Gasteiger charge is -2.33. The zero-order valence-corrected chi connectivity index (χ0v) is 12.1. The van der Waals surface area contributed by atoms with Gasteiger partial charge in [-0.3, -0.25) is 9.48 Å². The minimum Gasteiger partial charge on any atom is -0.481 e. The Kier molecular flexibility index (Phi) is 4.27. The van der Waals surface area contributed by atoms with Gasteiger partial charge in [0.25, 0.3) is 0 Å². The molecule has 4 heteroatoms. The molecule has 1 aliphatic carbocycles. The summed E-state index contributed by atoms with van der Waals surface area (Å²) in [7, 11) is 0. The van der Waals surface area contributed by atoms with Crippen molar-refractivity contribution in [1.29, 1.82) is 0 Å². The third kappa shape index (κ3) is 2.82. The van der Waals surface area contributed by atoms with E-state index in [1.807, 2.05) is 4.68 Å². The summed E-state index contributed by atoms with van der Waals surface area (Å²) >= 11 is 0. The molecule has 1 aliphatic rings. The van der Waals surface area contributed by atoms with Crippen LogP contribution in [-0.2, 0) is 17.6 Å². The summed E-state index contributed by atoms with van der Waals surface area (Å²) in [5.41, 5.74) is 2.24. The number of aryl methyl sites for hydroxylation is 2. The highest BCUT2D eigenvalue weighted by Crippen LogP contribution is 2.37. The van der Waals surface area contributed by atoms with Crippen molar-refractivity contribution in [2.75, 3.05) is 0 Å². The summed E-state index contributed by atoms with van der Waals surface area (Å²) in [6.07, 6.45) is 4.52. The van der Waals surface area contributed by atoms with Gasteiger partial charge in [0.15, 0.2) is 0 Å². The lowest BCUT2D eigenvalue weighted by molar-refractivity contribution is -0.145. The quantitative estimate of drug-likeness (QED) is 0.909. The number of carbonyl (C=O) groups is 1. The SMILES string of the molecule is CCc1cc(CC)n(C2CC(C)CCC2C(=O)O)n1. The van der Waals surface area contributed by atoms with Crippen molar-refractivity contribution < 1.29 is 9.90 Å². The summed E-state index contributed by atoms with van der Waals surface area (Å²) in [4.78, 5) is 11.5. The Morgan fingerprint density at radius 2 is 2.16 bits per heavy atom. The molecule has 0 aliphatic heterocycles. The Hall–Kier alpha value is -1.32. The van der Waals surface area contributed by atoms with E-state index in [0.717, 1.165) is 37.8 Å². The zero-order valence-electron chi connectivity index (χ0n) is 12.1. The minimum atomic E-state index is -0.674. The van der Waals surface area contributed by atoms with Crippen molar-refractivity contribution in [3.63, 3.8) is 0 Å². The normalized spacial score (nSPS) is 27.4. The number of hydrogen-bond acceptors (Lipinski definition) is 2. The van der Waals surface area contributed by atoms with Crippen LogP contribution in [0.5, 0.6) is 0 Å². The molecule has 0 amide bonds. The van der Waals surface area contributed by atoms with Gasteiger partial charge in [-0.05, 0) is 44.1 Å². The molecule has 3 atom stereocenters. The van der Waals surface area contributed by atoms with Gasteiger partial charge >= 0.3 is 5.97 Å². The Labute approximate surface area is 114 Å². The van der Waals surface area contributed by atoms with Gasteiger partial charge in [0.2, 0.25) is 0 Å². The molecule has 3 unspecified atom stereocenters. The number of rotatable bonds is 4. The second-order valence-corrected chi connectivity index (χ2v) is 5.71. The van der Waals surface area contributed by atoms with Crippen LogP contribution in [0.3, 0.4) is 0 Å². The molecular weight excluding hydrogens is 240 g/mol. The molecule has 2 rings (SSSR count). The average molecular weight is 264 g/mol. The van der Waals surface area contributed by atoms with Gasteiger partial charge in [0, 0.05) is 5.69 Å². The number of aromatic nitrogens is 2. The molecule has 19 heavy (non-hydrogen) atoms. The van der Waals surface area contributed by atoms with Crippen molar-refractivity contribution in [2.45, 2.75) is 58.9 Å². The van der Waals surface area contributed by atoms with E-state index < -0.39 is 5.97 Å². The molecule has 4 nitrogen and oxygen atoms in total. The molecule has 0 spiro atoms. The van der Waals surface area contributed by atoms with Gasteiger partial charge in [0.1, 0.15) is 0 Å². The van der Waals surface area contributed by atoms with Crippen LogP contribution in [-0.4, -0.2) is 20.9 Å². The highest BCUT2D eigenvalue weighted by atomic mass is 16.4. The number of nitrogens with zero attached hydrogens (tertiary/aromatic N) is 2. The van der Waals surface area contributed by atoms with Crippen LogP contribution >= 0.6 is 0 Å². The highest BCUT2D eigenvalue weighted by Gasteiger charge is 2.36. The van der Waals surface area contributed by atoms with Crippen LogP contribution in [0, 0.1) is 11.8 Å². The molecule has 1 aromatic heterocycles. The summed E-state index contributed by atoms with van der Waals surface area (Å²) < 4.78 is 2.01. The monoisotopic (exact) mass is 264 g/mol. The first-order chi connectivity index (χ1) is 9.06. The zero-order chi connectivity index (χ0) is 14.0. The van der Waals surface area contributed by atoms with E-state index in [1.165, 1.54) is 5.69 Å². The van der Waals surface area contributed by atoms with Gasteiger partial charge in [0.05, 0.1) is 17.7 Å². The maximum Gasteiger partial charge on any atom is 0.308 e. The second-order valence-electron chi connectivity index (χ2n) is 5.71. The maximum atomic E-state index is 11.5. The molecule has 1 aromatic rings. The van der Waals surface area contributed by atoms with Gasteiger partial charge < -0.3 is 5.11 Å². The number of carboxylic acid groups (broad SMARTS) is 1. The van der Waals surface area contributed by atoms with Crippen LogP contribution in [0.15, 0.2) is 6.07 Å². The first-order valence-electron chi connectivity index (χ1n) is 7.36. The summed E-state index contributed by atoms with van der Waals surface area (Å²) in [5, 5.41) is 14.1. The van der Waals surface area contributed by atoms with Gasteiger partial charge in [-0.1, -0.05) is 20.8 Å². The van der Waals surface area contributed by atoms with E-state index >= 15 is 0 Å². The lowest BCUT2D eigenvalue weighted by atomic mass is 9.79. The Bertz CT molecular complexity index is 453. The fourth-order valence-corrected chi connectivity index (χ4v) is 3.12. The van der Waals surface area contributed by atoms with Gasteiger partial charge in [-0.2, -0.15) is 5.10 Å². The molecule has 0 radical (unpaired) electrons. The van der Waals surface area contributed by atoms with E-state index in [1.54, 1.807) is 0 Å². The molecular formula is C15H24N2O2. The summed E-state index contributed by atoms with van der Waals surface area (Å²) in [5.74, 6) is -0.377. The largest absolute Gasteiger partial charge is 0.481 e. The van der Waals surface area contributed by atoms with Crippen molar-refractivity contribution in [3.8, 4) is 0 Å². The van der Waals surface area contributed by atoms with E-state index in [4.69, 9.17) is 0 Å². The van der Waals surface area contributed by atoms with Crippen molar-refractivity contribution in [3.05, 3.63) is 17.5 Å². The predicted molar refractivity (Wildman–Crippen MR) is 74.2 cm³/mol. The molecule has 0 aromatic carbocycles. The minimum absolute atomic E-state index is 0.0245. The van der Waals surface area contributed by atoms with Gasteiger partial charge in [-0.25, -0.2) is 0 Å². The van der Waals surface area contributed by atoms with Crippen molar-refractivity contribution in [1.82, 2.24) is 9.78 Å². The Balaban J connectivity index is 2.35. The third-order valence-electron chi connectivity index (χ3n) is 4.30. The van der Waals surface area contributed by atoms with E-state index in [9.17, 15) is 9.90 Å². The number of aliphatic carboxylic acids is 1. The molecule has 1 N–H and O–H groups in total. The van der Waals surface area contributed by atoms with Crippen molar-refractivity contribution >= 4 is 5.97 Å². The average Bonchev–Trinajstić information content (AvgIpc) is 2.81. The summed E-state index contributed by atoms with van der Waals surface area (Å²) in [6.45, 7) is 6.40. The van der Waals surface area contributed by atoms with Crippen LogP contribution in [0.25, 0.3) is 0 Å². The van der Waals surface area contributed by atoms with Crippen LogP contribution in [0.4, 0.5) is 0 Å². The molecule has 0 saturated heterocycles. The number of carboxylic acids is 1. The second kappa shape index (κ2) is 5.76. The Morgan fingerprint density at radius 3 is 2.74 bits per heavy atom. The smallest absolute Gasteiger partial charge is 0.308 e. The van der Waals surface area contributed by atoms with E-state index in [0.29, 0.717) is 5.92 Å². The van der Waals surface area contributed by atoms with Crippen LogP contribution in [0.1, 0.15) is 57.5 Å². The molecule has 1 fully saturated rings. The van der Waals surface area contributed by atoms with Crippen LogP contribution < -0.4 is 0 Å². The Morgan fingerprint density at radius 1 is 1.42 bits per heavy atom. The number of hydrogen-bond donors (Lipinski definition) is 1. The lowest BCUT2D eigenvalue weighted by Crippen LogP contribution is -2.33. The fourth-order valence-electron chi connectivity index (χ4n) is 3.12. The standard InChI is InChI=1S/C15H24N2O2/c1-4-11-9-12(5-2)17(16-11)14-8-10(3)6-7-13(14)15(18)19/h9-10,13-14H,4-8H2,1-3H3,(H,18,19). The van der Waals surface area contributed by atoms with Crippen LogP contribution in [0.2, 0.25) is 0 Å². The first-order valence-corrected chi connectivity index (χ1v) is 7.36. The molecule has 0 bridgehead atoms. The highest BCUT2D eigenvalue weighted by molar-refractivity contribution is 5.70. The molecule has 106 valence electrons. The maximum absolute atomic E-state index is 11.5. The van der Waals surface area contributed by atoms with E-state index in [2.05, 4.69) is 31.9 Å². The first kappa shape index (κ1) is 14.1. The fraction of sp³-hybridized carbons (Fsp3) is 0.733. The molecule has 1 saturated carbocycles. The topological polar surface area (TPSA) is 55.1 Å². The predicted octanol–water partition coefficient (Wildman–Crippen LogP) is 3.07.